The monoisotopic (exact) mass is 286 g/mol. The Bertz CT molecular complexity index is 669. The second-order valence-electron chi connectivity index (χ2n) is 4.30. The fourth-order valence-electron chi connectivity index (χ4n) is 2.16. The molecule has 9 heteroatoms. The van der Waals surface area contributed by atoms with Gasteiger partial charge in [-0.1, -0.05) is 0 Å². The highest BCUT2D eigenvalue weighted by atomic mass is 35.5. The first kappa shape index (κ1) is 12.5. The molecule has 0 amide bonds. The van der Waals surface area contributed by atoms with Crippen molar-refractivity contribution in [1.29, 1.82) is 0 Å². The average molecular weight is 287 g/mol. The molecule has 1 aliphatic heterocycles. The summed E-state index contributed by atoms with van der Waals surface area (Å²) in [6.45, 7) is -0.279. The van der Waals surface area contributed by atoms with Crippen LogP contribution in [-0.4, -0.2) is 48.5 Å². The van der Waals surface area contributed by atoms with Crippen molar-refractivity contribution in [2.75, 3.05) is 6.61 Å². The molecule has 0 aromatic carbocycles. The Morgan fingerprint density at radius 1 is 1.63 bits per heavy atom. The van der Waals surface area contributed by atoms with Crippen LogP contribution in [0.1, 0.15) is 12.6 Å². The number of aliphatic hydroxyl groups excluding tert-OH is 2. The molecular weight excluding hydrogens is 276 g/mol. The number of aromatic amines is 1. The van der Waals surface area contributed by atoms with Crippen molar-refractivity contribution in [3.63, 3.8) is 0 Å². The Hall–Kier alpha value is -1.48. The summed E-state index contributed by atoms with van der Waals surface area (Å²) in [7, 11) is 0. The number of imidazole rings is 1. The second kappa shape index (κ2) is 4.57. The molecule has 0 radical (unpaired) electrons. The number of hydrogen-bond acceptors (Lipinski definition) is 6. The lowest BCUT2D eigenvalue weighted by Crippen LogP contribution is -2.24. The molecule has 19 heavy (non-hydrogen) atoms. The Morgan fingerprint density at radius 3 is 3.11 bits per heavy atom. The number of nitrogens with zero attached hydrogens (tertiary/aromatic N) is 3. The predicted molar refractivity (Wildman–Crippen MR) is 64.8 cm³/mol. The fourth-order valence-corrected chi connectivity index (χ4v) is 2.33. The number of H-pyrrole nitrogens is 1. The van der Waals surface area contributed by atoms with E-state index in [9.17, 15) is 9.90 Å². The van der Waals surface area contributed by atoms with Gasteiger partial charge in [0.1, 0.15) is 12.3 Å². The molecule has 3 rings (SSSR count). The van der Waals surface area contributed by atoms with Crippen LogP contribution in [0.2, 0.25) is 5.28 Å². The van der Waals surface area contributed by atoms with Crippen LogP contribution >= 0.6 is 11.6 Å². The Labute approximate surface area is 111 Å². The Morgan fingerprint density at radius 2 is 2.42 bits per heavy atom. The first-order valence-electron chi connectivity index (χ1n) is 5.67. The van der Waals surface area contributed by atoms with E-state index in [2.05, 4.69) is 15.0 Å². The molecule has 3 N–H and O–H groups in total. The first-order chi connectivity index (χ1) is 9.10. The molecule has 3 heterocycles. The molecule has 1 aliphatic rings. The van der Waals surface area contributed by atoms with Gasteiger partial charge in [-0.2, -0.15) is 4.98 Å². The van der Waals surface area contributed by atoms with Gasteiger partial charge in [-0.3, -0.25) is 14.3 Å². The van der Waals surface area contributed by atoms with Crippen molar-refractivity contribution >= 4 is 22.8 Å². The maximum atomic E-state index is 11.6. The molecule has 1 fully saturated rings. The lowest BCUT2D eigenvalue weighted by molar-refractivity contribution is -0.0432. The number of halogens is 1. The van der Waals surface area contributed by atoms with Crippen LogP contribution in [0.15, 0.2) is 11.1 Å². The smallest absolute Gasteiger partial charge is 0.280 e. The molecule has 3 unspecified atom stereocenters. The van der Waals surface area contributed by atoms with Gasteiger partial charge in [-0.25, -0.2) is 4.98 Å². The van der Waals surface area contributed by atoms with Gasteiger partial charge in [0.25, 0.3) is 5.56 Å². The van der Waals surface area contributed by atoms with Crippen molar-refractivity contribution in [1.82, 2.24) is 19.5 Å². The minimum Gasteiger partial charge on any atom is -0.394 e. The van der Waals surface area contributed by atoms with Crippen molar-refractivity contribution in [3.05, 3.63) is 22.0 Å². The van der Waals surface area contributed by atoms with Crippen LogP contribution in [0, 0.1) is 0 Å². The van der Waals surface area contributed by atoms with E-state index in [0.717, 1.165) is 0 Å². The maximum absolute atomic E-state index is 11.6. The Kier molecular flexibility index (Phi) is 3.02. The summed E-state index contributed by atoms with van der Waals surface area (Å²) < 4.78 is 7.01. The molecule has 0 saturated carbocycles. The van der Waals surface area contributed by atoms with E-state index in [1.165, 1.54) is 10.9 Å². The van der Waals surface area contributed by atoms with Gasteiger partial charge in [0.2, 0.25) is 5.28 Å². The molecule has 8 nitrogen and oxygen atoms in total. The molecule has 3 atom stereocenters. The van der Waals surface area contributed by atoms with Gasteiger partial charge in [0.05, 0.1) is 19.0 Å². The SMILES string of the molecule is O=c1[nH]c(Cl)nc2c1ncn2C1CC(O)C(CO)O1. The van der Waals surface area contributed by atoms with E-state index >= 15 is 0 Å². The second-order valence-corrected chi connectivity index (χ2v) is 4.65. The molecule has 2 aromatic rings. The third-order valence-electron chi connectivity index (χ3n) is 3.10. The fraction of sp³-hybridized carbons (Fsp3) is 0.500. The normalized spacial score (nSPS) is 27.2. The van der Waals surface area contributed by atoms with Crippen LogP contribution in [0.3, 0.4) is 0 Å². The van der Waals surface area contributed by atoms with Crippen LogP contribution in [0.4, 0.5) is 0 Å². The molecular formula is C10H11ClN4O4. The van der Waals surface area contributed by atoms with E-state index in [4.69, 9.17) is 21.4 Å². The van der Waals surface area contributed by atoms with Gasteiger partial charge in [-0.05, 0) is 11.6 Å². The maximum Gasteiger partial charge on any atom is 0.280 e. The topological polar surface area (TPSA) is 113 Å². The van der Waals surface area contributed by atoms with Crippen LogP contribution in [-0.2, 0) is 4.74 Å². The lowest BCUT2D eigenvalue weighted by atomic mass is 10.2. The van der Waals surface area contributed by atoms with Gasteiger partial charge in [0.15, 0.2) is 11.2 Å². The van der Waals surface area contributed by atoms with Crippen molar-refractivity contribution < 1.29 is 14.9 Å². The minimum atomic E-state index is -0.773. The number of rotatable bonds is 2. The molecule has 0 spiro atoms. The average Bonchev–Trinajstić information content (AvgIpc) is 2.92. The number of hydrogen-bond donors (Lipinski definition) is 3. The van der Waals surface area contributed by atoms with E-state index in [1.807, 2.05) is 0 Å². The highest BCUT2D eigenvalue weighted by Crippen LogP contribution is 2.30. The summed E-state index contributed by atoms with van der Waals surface area (Å²) in [5.41, 5.74) is -0.00881. The predicted octanol–water partition coefficient (Wildman–Crippen LogP) is -0.586. The molecule has 1 saturated heterocycles. The van der Waals surface area contributed by atoms with Gasteiger partial charge in [-0.15, -0.1) is 0 Å². The summed E-state index contributed by atoms with van der Waals surface area (Å²) in [5.74, 6) is 0. The van der Waals surface area contributed by atoms with Crippen LogP contribution in [0.25, 0.3) is 11.2 Å². The summed E-state index contributed by atoms with van der Waals surface area (Å²) >= 11 is 5.71. The summed E-state index contributed by atoms with van der Waals surface area (Å²) in [4.78, 5) is 21.9. The first-order valence-corrected chi connectivity index (χ1v) is 6.04. The highest BCUT2D eigenvalue weighted by molar-refractivity contribution is 6.28. The lowest BCUT2D eigenvalue weighted by Gasteiger charge is -2.13. The number of nitrogens with one attached hydrogen (secondary N) is 1. The number of ether oxygens (including phenoxy) is 1. The quantitative estimate of drug-likeness (QED) is 0.636. The zero-order valence-electron chi connectivity index (χ0n) is 9.65. The van der Waals surface area contributed by atoms with Gasteiger partial charge < -0.3 is 14.9 Å². The zero-order chi connectivity index (χ0) is 13.6. The van der Waals surface area contributed by atoms with Gasteiger partial charge in [0, 0.05) is 6.42 Å². The standard InChI is InChI=1S/C10H11ClN4O4/c11-10-13-8-7(9(18)14-10)12-3-15(8)6-1-4(17)5(2-16)19-6/h3-6,16-17H,1-2H2,(H,13,14,18). The minimum absolute atomic E-state index is 0.0449. The number of aromatic nitrogens is 4. The highest BCUT2D eigenvalue weighted by Gasteiger charge is 2.35. The van der Waals surface area contributed by atoms with Gasteiger partial charge >= 0.3 is 0 Å². The zero-order valence-corrected chi connectivity index (χ0v) is 10.4. The Balaban J connectivity index is 2.05. The van der Waals surface area contributed by atoms with Crippen LogP contribution in [0.5, 0.6) is 0 Å². The summed E-state index contributed by atoms with van der Waals surface area (Å²) in [6, 6.07) is 0. The molecule has 2 aromatic heterocycles. The van der Waals surface area contributed by atoms with E-state index in [1.54, 1.807) is 0 Å². The third-order valence-corrected chi connectivity index (χ3v) is 3.28. The number of aliphatic hydroxyl groups is 2. The third kappa shape index (κ3) is 2.02. The van der Waals surface area contributed by atoms with Crippen molar-refractivity contribution in [3.8, 4) is 0 Å². The summed E-state index contributed by atoms with van der Waals surface area (Å²) in [6.07, 6.45) is -0.282. The largest absolute Gasteiger partial charge is 0.394 e. The number of fused-ring (bicyclic) bond motifs is 1. The van der Waals surface area contributed by atoms with Crippen molar-refractivity contribution in [2.45, 2.75) is 24.9 Å². The van der Waals surface area contributed by atoms with E-state index < -0.39 is 24.0 Å². The van der Waals surface area contributed by atoms with Crippen LogP contribution < -0.4 is 5.56 Å². The summed E-state index contributed by atoms with van der Waals surface area (Å²) in [5, 5.41) is 18.7. The molecule has 0 aliphatic carbocycles. The molecule has 102 valence electrons. The van der Waals surface area contributed by atoms with Crippen molar-refractivity contribution in [2.24, 2.45) is 0 Å². The van der Waals surface area contributed by atoms with E-state index in [0.29, 0.717) is 0 Å². The molecule has 0 bridgehead atoms. The van der Waals surface area contributed by atoms with E-state index in [-0.39, 0.29) is 29.5 Å².